The van der Waals surface area contributed by atoms with Crippen molar-refractivity contribution in [2.75, 3.05) is 18.0 Å². The fourth-order valence-electron chi connectivity index (χ4n) is 2.60. The topological polar surface area (TPSA) is 66.3 Å². The predicted octanol–water partition coefficient (Wildman–Crippen LogP) is 2.29. The molecular formula is C15H23N3O2. The zero-order valence-electron chi connectivity index (χ0n) is 12.3. The molecule has 5 nitrogen and oxygen atoms in total. The Balaban J connectivity index is 2.12. The van der Waals surface area contributed by atoms with Crippen molar-refractivity contribution < 1.29 is 9.90 Å². The fraction of sp³-hybridized carbons (Fsp3) is 0.667. The van der Waals surface area contributed by atoms with E-state index in [1.807, 2.05) is 0 Å². The molecule has 0 spiro atoms. The normalized spacial score (nSPS) is 16.4. The lowest BCUT2D eigenvalue weighted by atomic mass is 9.97. The molecule has 0 aromatic carbocycles. The summed E-state index contributed by atoms with van der Waals surface area (Å²) in [4.78, 5) is 22.3. The van der Waals surface area contributed by atoms with Crippen molar-refractivity contribution in [1.82, 2.24) is 9.97 Å². The van der Waals surface area contributed by atoms with Crippen LogP contribution in [0.1, 0.15) is 44.6 Å². The third kappa shape index (κ3) is 3.46. The summed E-state index contributed by atoms with van der Waals surface area (Å²) in [5, 5.41) is 9.05. The maximum absolute atomic E-state index is 11.0. The van der Waals surface area contributed by atoms with E-state index in [2.05, 4.69) is 34.8 Å². The molecule has 1 aromatic heterocycles. The van der Waals surface area contributed by atoms with Crippen molar-refractivity contribution in [2.45, 2.75) is 46.0 Å². The average molecular weight is 277 g/mol. The van der Waals surface area contributed by atoms with Gasteiger partial charge >= 0.3 is 5.97 Å². The van der Waals surface area contributed by atoms with Gasteiger partial charge in [0.15, 0.2) is 0 Å². The molecule has 0 atom stereocenters. The maximum atomic E-state index is 11.0. The average Bonchev–Trinajstić information content (AvgIpc) is 2.47. The monoisotopic (exact) mass is 277 g/mol. The number of aromatic nitrogens is 2. The number of piperidine rings is 1. The Bertz CT molecular complexity index is 468. The number of carbonyl (C=O) groups is 1. The molecule has 2 heterocycles. The van der Waals surface area contributed by atoms with E-state index < -0.39 is 5.97 Å². The van der Waals surface area contributed by atoms with Crippen LogP contribution in [0.3, 0.4) is 0 Å². The van der Waals surface area contributed by atoms with Gasteiger partial charge in [-0.1, -0.05) is 20.3 Å². The summed E-state index contributed by atoms with van der Waals surface area (Å²) in [7, 11) is 0. The molecule has 110 valence electrons. The van der Waals surface area contributed by atoms with Gasteiger partial charge in [0.2, 0.25) is 0 Å². The SMILES string of the molecule is CCCc1cc(N2CCC(C(=O)O)CC2)nc(CC)n1. The van der Waals surface area contributed by atoms with Gasteiger partial charge in [-0.2, -0.15) is 0 Å². The molecule has 0 saturated carbocycles. The molecule has 1 N–H and O–H groups in total. The quantitative estimate of drug-likeness (QED) is 0.894. The first-order chi connectivity index (χ1) is 9.63. The van der Waals surface area contributed by atoms with E-state index in [1.165, 1.54) is 0 Å². The minimum atomic E-state index is -0.673. The number of hydrogen-bond donors (Lipinski definition) is 1. The second-order valence-corrected chi connectivity index (χ2v) is 5.34. The van der Waals surface area contributed by atoms with Crippen LogP contribution in [0.15, 0.2) is 6.07 Å². The van der Waals surface area contributed by atoms with E-state index in [1.54, 1.807) is 0 Å². The van der Waals surface area contributed by atoms with Crippen LogP contribution in [0, 0.1) is 5.92 Å². The van der Waals surface area contributed by atoms with Crippen LogP contribution in [-0.4, -0.2) is 34.1 Å². The molecule has 0 amide bonds. The lowest BCUT2D eigenvalue weighted by molar-refractivity contribution is -0.142. The molecule has 1 aliphatic heterocycles. The van der Waals surface area contributed by atoms with Gasteiger partial charge in [-0.3, -0.25) is 4.79 Å². The third-order valence-corrected chi connectivity index (χ3v) is 3.80. The number of carboxylic acid groups (broad SMARTS) is 1. The first-order valence-electron chi connectivity index (χ1n) is 7.48. The number of anilines is 1. The lowest BCUT2D eigenvalue weighted by Crippen LogP contribution is -2.37. The highest BCUT2D eigenvalue weighted by Crippen LogP contribution is 2.23. The van der Waals surface area contributed by atoms with E-state index in [-0.39, 0.29) is 5.92 Å². The van der Waals surface area contributed by atoms with Crippen LogP contribution in [0.2, 0.25) is 0 Å². The van der Waals surface area contributed by atoms with Crippen molar-refractivity contribution in [3.8, 4) is 0 Å². The molecule has 1 aliphatic rings. The van der Waals surface area contributed by atoms with Crippen molar-refractivity contribution in [3.05, 3.63) is 17.6 Å². The maximum Gasteiger partial charge on any atom is 0.306 e. The summed E-state index contributed by atoms with van der Waals surface area (Å²) >= 11 is 0. The summed E-state index contributed by atoms with van der Waals surface area (Å²) in [6.45, 7) is 5.74. The molecule has 20 heavy (non-hydrogen) atoms. The van der Waals surface area contributed by atoms with E-state index in [9.17, 15) is 4.79 Å². The summed E-state index contributed by atoms with van der Waals surface area (Å²) < 4.78 is 0. The first kappa shape index (κ1) is 14.8. The number of rotatable bonds is 5. The third-order valence-electron chi connectivity index (χ3n) is 3.80. The largest absolute Gasteiger partial charge is 0.481 e. The zero-order valence-corrected chi connectivity index (χ0v) is 12.3. The van der Waals surface area contributed by atoms with Gasteiger partial charge in [-0.25, -0.2) is 9.97 Å². The van der Waals surface area contributed by atoms with Gasteiger partial charge in [0.25, 0.3) is 0 Å². The highest BCUT2D eigenvalue weighted by Gasteiger charge is 2.25. The van der Waals surface area contributed by atoms with Crippen molar-refractivity contribution in [2.24, 2.45) is 5.92 Å². The number of hydrogen-bond acceptors (Lipinski definition) is 4. The highest BCUT2D eigenvalue weighted by molar-refractivity contribution is 5.70. The Morgan fingerprint density at radius 3 is 2.60 bits per heavy atom. The molecule has 1 saturated heterocycles. The lowest BCUT2D eigenvalue weighted by Gasteiger charge is -2.31. The number of aryl methyl sites for hydroxylation is 2. The molecule has 1 fully saturated rings. The first-order valence-corrected chi connectivity index (χ1v) is 7.48. The Morgan fingerprint density at radius 1 is 1.35 bits per heavy atom. The van der Waals surface area contributed by atoms with Crippen LogP contribution in [-0.2, 0) is 17.6 Å². The minimum Gasteiger partial charge on any atom is -0.481 e. The molecule has 0 radical (unpaired) electrons. The summed E-state index contributed by atoms with van der Waals surface area (Å²) in [6, 6.07) is 2.06. The summed E-state index contributed by atoms with van der Waals surface area (Å²) in [5.41, 5.74) is 1.09. The van der Waals surface area contributed by atoms with E-state index >= 15 is 0 Å². The number of carboxylic acids is 1. The molecule has 2 rings (SSSR count). The molecule has 1 aromatic rings. The summed E-state index contributed by atoms with van der Waals surface area (Å²) in [5.74, 6) is 0.970. The van der Waals surface area contributed by atoms with Crippen LogP contribution in [0.25, 0.3) is 0 Å². The van der Waals surface area contributed by atoms with Gasteiger partial charge in [0, 0.05) is 31.3 Å². The Hall–Kier alpha value is -1.65. The van der Waals surface area contributed by atoms with Gasteiger partial charge in [0.05, 0.1) is 5.92 Å². The van der Waals surface area contributed by atoms with Gasteiger partial charge < -0.3 is 10.0 Å². The van der Waals surface area contributed by atoms with Crippen LogP contribution >= 0.6 is 0 Å². The zero-order chi connectivity index (χ0) is 14.5. The van der Waals surface area contributed by atoms with E-state index in [0.717, 1.165) is 49.7 Å². The second kappa shape index (κ2) is 6.68. The second-order valence-electron chi connectivity index (χ2n) is 5.34. The summed E-state index contributed by atoms with van der Waals surface area (Å²) in [6.07, 6.45) is 4.26. The minimum absolute atomic E-state index is 0.200. The Labute approximate surface area is 120 Å². The molecule has 0 unspecified atom stereocenters. The van der Waals surface area contributed by atoms with Crippen LogP contribution < -0.4 is 4.90 Å². The van der Waals surface area contributed by atoms with Crippen molar-refractivity contribution in [3.63, 3.8) is 0 Å². The number of aliphatic carboxylic acids is 1. The molecule has 0 bridgehead atoms. The Kier molecular flexibility index (Phi) is 4.93. The molecule has 0 aliphatic carbocycles. The fourth-order valence-corrected chi connectivity index (χ4v) is 2.60. The van der Waals surface area contributed by atoms with Gasteiger partial charge in [-0.15, -0.1) is 0 Å². The molecular weight excluding hydrogens is 254 g/mol. The smallest absolute Gasteiger partial charge is 0.306 e. The van der Waals surface area contributed by atoms with Crippen molar-refractivity contribution in [1.29, 1.82) is 0 Å². The predicted molar refractivity (Wildman–Crippen MR) is 78.0 cm³/mol. The van der Waals surface area contributed by atoms with Crippen molar-refractivity contribution >= 4 is 11.8 Å². The van der Waals surface area contributed by atoms with Crippen LogP contribution in [0.4, 0.5) is 5.82 Å². The molecule has 5 heteroatoms. The van der Waals surface area contributed by atoms with Crippen LogP contribution in [0.5, 0.6) is 0 Å². The van der Waals surface area contributed by atoms with E-state index in [4.69, 9.17) is 5.11 Å². The highest BCUT2D eigenvalue weighted by atomic mass is 16.4. The Morgan fingerprint density at radius 2 is 2.05 bits per heavy atom. The van der Waals surface area contributed by atoms with Gasteiger partial charge in [0.1, 0.15) is 11.6 Å². The standard InChI is InChI=1S/C15H23N3O2/c1-3-5-12-10-14(17-13(4-2)16-12)18-8-6-11(7-9-18)15(19)20/h10-11H,3-9H2,1-2H3,(H,19,20). The van der Waals surface area contributed by atoms with Gasteiger partial charge in [-0.05, 0) is 19.3 Å². The van der Waals surface area contributed by atoms with E-state index in [0.29, 0.717) is 12.8 Å². The number of nitrogens with zero attached hydrogens (tertiary/aromatic N) is 3.